The Kier molecular flexibility index (Phi) is 11.0. The Hall–Kier alpha value is -3.99. The van der Waals surface area contributed by atoms with Crippen LogP contribution >= 0.6 is 0 Å². The van der Waals surface area contributed by atoms with E-state index in [4.69, 9.17) is 18.9 Å². The summed E-state index contributed by atoms with van der Waals surface area (Å²) >= 11 is 0. The summed E-state index contributed by atoms with van der Waals surface area (Å²) in [7, 11) is 0. The minimum atomic E-state index is -2.28. The quantitative estimate of drug-likeness (QED) is 0.115. The molecule has 2 saturated carbocycles. The van der Waals surface area contributed by atoms with Gasteiger partial charge >= 0.3 is 17.9 Å². The zero-order valence-corrected chi connectivity index (χ0v) is 32.9. The minimum Gasteiger partial charge on any atom is -0.459 e. The number of imide groups is 1. The van der Waals surface area contributed by atoms with Crippen molar-refractivity contribution < 1.29 is 67.8 Å². The van der Waals surface area contributed by atoms with E-state index in [0.29, 0.717) is 5.57 Å². The van der Waals surface area contributed by atoms with E-state index in [1.54, 1.807) is 48.5 Å². The SMILES string of the molecule is CC1=CC(=O)[C@@H](OC(=O)CCCC(=O)NCCN2C(=O)C=CC2=O)[C@]2(C)C3[C@]45CO[C@]3(O)[C@H](O)[C@H](C)C4C(OC(=O)CC(O)(C(C)C)C(C)C)C(=O)O[C@@H]5C[C@@H]12. The fraction of sp³-hybridized carbons (Fsp3) is 0.725. The number of nitrogens with one attached hydrogen (secondary N) is 1. The molecule has 4 fully saturated rings. The summed E-state index contributed by atoms with van der Waals surface area (Å²) in [4.78, 5) is 91.7. The van der Waals surface area contributed by atoms with Crippen molar-refractivity contribution >= 4 is 41.4 Å². The molecule has 2 saturated heterocycles. The molecule has 6 aliphatic rings. The number of aliphatic hydroxyl groups excluding tert-OH is 1. The van der Waals surface area contributed by atoms with Crippen LogP contribution in [0.15, 0.2) is 23.8 Å². The molecule has 11 atom stereocenters. The highest BCUT2D eigenvalue weighted by atomic mass is 16.7. The van der Waals surface area contributed by atoms with Crippen LogP contribution in [-0.2, 0) is 52.5 Å². The maximum atomic E-state index is 13.9. The van der Waals surface area contributed by atoms with Crippen LogP contribution in [0.2, 0.25) is 0 Å². The molecule has 0 aromatic rings. The van der Waals surface area contributed by atoms with E-state index >= 15 is 0 Å². The van der Waals surface area contributed by atoms with Crippen LogP contribution in [0.25, 0.3) is 0 Å². The lowest BCUT2D eigenvalue weighted by molar-refractivity contribution is -0.340. The predicted molar refractivity (Wildman–Crippen MR) is 192 cm³/mol. The van der Waals surface area contributed by atoms with E-state index < -0.39 is 118 Å². The standard InChI is InChI=1S/C40H54N2O14/c1-19(2)39(51,20(3)4)17-30(48)55-32-31-22(6)33(49)40(52)36-37(7)23(16-25(54-35(32)50)38(31,36)18-53-40)21(5)15-24(43)34(37)56-29(47)10-8-9-26(44)41-13-14-42-27(45)11-12-28(42)46/h11-12,15,19-20,22-23,25,31-34,36,49,51-52H,8-10,13-14,16-18H2,1-7H3,(H,41,44)/t22-,23+,25-,31?,32?,33-,34-,36?,37-,38+,40-/m1/s1. The lowest BCUT2D eigenvalue weighted by atomic mass is 9.38. The smallest absolute Gasteiger partial charge is 0.348 e. The molecule has 3 aliphatic heterocycles. The molecule has 3 amide bonds. The van der Waals surface area contributed by atoms with Gasteiger partial charge < -0.3 is 39.6 Å². The van der Waals surface area contributed by atoms with Crippen molar-refractivity contribution in [2.24, 2.45) is 46.3 Å². The van der Waals surface area contributed by atoms with E-state index in [-0.39, 0.29) is 57.2 Å². The number of rotatable bonds is 13. The van der Waals surface area contributed by atoms with Gasteiger partial charge in [-0.05, 0) is 49.5 Å². The molecular formula is C40H54N2O14. The van der Waals surface area contributed by atoms with Gasteiger partial charge in [0.25, 0.3) is 11.8 Å². The first-order valence-corrected chi connectivity index (χ1v) is 19.5. The summed E-state index contributed by atoms with van der Waals surface area (Å²) in [6.07, 6.45) is -2.41. The van der Waals surface area contributed by atoms with Gasteiger partial charge in [0.05, 0.1) is 18.6 Å². The molecule has 6 rings (SSSR count). The first-order valence-electron chi connectivity index (χ1n) is 19.5. The van der Waals surface area contributed by atoms with Crippen molar-refractivity contribution in [3.8, 4) is 0 Å². The normalized spacial score (nSPS) is 37.3. The highest BCUT2D eigenvalue weighted by Crippen LogP contribution is 2.74. The lowest BCUT2D eigenvalue weighted by Gasteiger charge is -2.68. The number of fused-ring (bicyclic) bond motifs is 1. The third-order valence-corrected chi connectivity index (χ3v) is 13.9. The molecular weight excluding hydrogens is 732 g/mol. The van der Waals surface area contributed by atoms with Gasteiger partial charge in [0.1, 0.15) is 12.2 Å². The van der Waals surface area contributed by atoms with Gasteiger partial charge in [-0.3, -0.25) is 33.7 Å². The number of allylic oxidation sites excluding steroid dienone is 1. The van der Waals surface area contributed by atoms with Crippen LogP contribution in [0.3, 0.4) is 0 Å². The molecule has 4 N–H and O–H groups in total. The second-order valence-corrected chi connectivity index (χ2v) is 17.4. The van der Waals surface area contributed by atoms with Crippen molar-refractivity contribution in [2.75, 3.05) is 19.7 Å². The Morgan fingerprint density at radius 1 is 1.04 bits per heavy atom. The molecule has 2 bridgehead atoms. The van der Waals surface area contributed by atoms with Crippen molar-refractivity contribution in [3.05, 3.63) is 23.8 Å². The second-order valence-electron chi connectivity index (χ2n) is 17.4. The zero-order chi connectivity index (χ0) is 41.3. The van der Waals surface area contributed by atoms with Gasteiger partial charge in [0.2, 0.25) is 12.0 Å². The van der Waals surface area contributed by atoms with Gasteiger partial charge in [-0.25, -0.2) is 4.79 Å². The molecule has 3 unspecified atom stereocenters. The number of hydrogen-bond donors (Lipinski definition) is 4. The molecule has 1 spiro atoms. The Labute approximate surface area is 325 Å². The average Bonchev–Trinajstić information content (AvgIpc) is 3.59. The first kappa shape index (κ1) is 41.6. The number of ketones is 1. The van der Waals surface area contributed by atoms with Gasteiger partial charge in [-0.15, -0.1) is 0 Å². The average molecular weight is 787 g/mol. The van der Waals surface area contributed by atoms with Crippen LogP contribution in [0.5, 0.6) is 0 Å². The largest absolute Gasteiger partial charge is 0.459 e. The number of amides is 3. The number of aliphatic hydroxyl groups is 3. The Balaban J connectivity index is 1.23. The summed E-state index contributed by atoms with van der Waals surface area (Å²) in [5, 5.41) is 38.3. The number of carbonyl (C=O) groups is 7. The monoisotopic (exact) mass is 786 g/mol. The predicted octanol–water partition coefficient (Wildman–Crippen LogP) is 0.884. The topological polar surface area (TPSA) is 232 Å². The van der Waals surface area contributed by atoms with E-state index in [0.717, 1.165) is 17.1 Å². The number of hydrogen-bond acceptors (Lipinski definition) is 14. The third kappa shape index (κ3) is 6.40. The number of ether oxygens (including phenoxy) is 4. The van der Waals surface area contributed by atoms with Crippen molar-refractivity contribution in [2.45, 2.75) is 116 Å². The zero-order valence-electron chi connectivity index (χ0n) is 32.9. The maximum Gasteiger partial charge on any atom is 0.348 e. The Bertz CT molecular complexity index is 1730. The minimum absolute atomic E-state index is 0.00909. The third-order valence-electron chi connectivity index (χ3n) is 13.9. The summed E-state index contributed by atoms with van der Waals surface area (Å²) in [5.74, 6) is -10.9. The van der Waals surface area contributed by atoms with E-state index in [1.165, 1.54) is 6.08 Å². The summed E-state index contributed by atoms with van der Waals surface area (Å²) in [6, 6.07) is 0. The summed E-state index contributed by atoms with van der Waals surface area (Å²) in [5.41, 5.74) is -3.56. The van der Waals surface area contributed by atoms with Crippen molar-refractivity contribution in [1.82, 2.24) is 10.2 Å². The van der Waals surface area contributed by atoms with Gasteiger partial charge in [0, 0.05) is 60.7 Å². The lowest BCUT2D eigenvalue weighted by Crippen LogP contribution is -2.78. The fourth-order valence-corrected chi connectivity index (χ4v) is 11.0. The molecule has 308 valence electrons. The van der Waals surface area contributed by atoms with Crippen molar-refractivity contribution in [3.63, 3.8) is 0 Å². The Morgan fingerprint density at radius 3 is 2.30 bits per heavy atom. The highest BCUT2D eigenvalue weighted by molar-refractivity contribution is 6.12. The van der Waals surface area contributed by atoms with Crippen LogP contribution in [0.1, 0.15) is 80.6 Å². The molecule has 0 aromatic heterocycles. The molecule has 16 heteroatoms. The molecule has 56 heavy (non-hydrogen) atoms. The molecule has 0 aromatic carbocycles. The van der Waals surface area contributed by atoms with Gasteiger partial charge in [0.15, 0.2) is 17.7 Å². The first-order chi connectivity index (χ1) is 26.1. The Morgan fingerprint density at radius 2 is 1.68 bits per heavy atom. The van der Waals surface area contributed by atoms with Crippen LogP contribution < -0.4 is 5.32 Å². The van der Waals surface area contributed by atoms with Crippen LogP contribution in [0, 0.1) is 46.3 Å². The fourth-order valence-electron chi connectivity index (χ4n) is 11.0. The van der Waals surface area contributed by atoms with E-state index in [2.05, 4.69) is 5.32 Å². The summed E-state index contributed by atoms with van der Waals surface area (Å²) < 4.78 is 24.1. The molecule has 0 radical (unpaired) electrons. The highest BCUT2D eigenvalue weighted by Gasteiger charge is 2.84. The summed E-state index contributed by atoms with van der Waals surface area (Å²) in [6.45, 7) is 12.0. The number of esters is 3. The van der Waals surface area contributed by atoms with Gasteiger partial charge in [-0.2, -0.15) is 0 Å². The van der Waals surface area contributed by atoms with Crippen LogP contribution in [0.4, 0.5) is 0 Å². The van der Waals surface area contributed by atoms with Gasteiger partial charge in [-0.1, -0.05) is 47.1 Å². The molecule has 3 aliphatic carbocycles. The number of nitrogens with zero attached hydrogens (tertiary/aromatic N) is 1. The van der Waals surface area contributed by atoms with E-state index in [9.17, 15) is 48.9 Å². The van der Waals surface area contributed by atoms with Crippen molar-refractivity contribution in [1.29, 1.82) is 0 Å². The second kappa shape index (κ2) is 14.7. The maximum absolute atomic E-state index is 13.9. The molecule has 3 heterocycles. The van der Waals surface area contributed by atoms with Crippen LogP contribution in [-0.4, -0.2) is 117 Å². The molecule has 16 nitrogen and oxygen atoms in total. The number of carbonyl (C=O) groups excluding carboxylic acids is 7. The van der Waals surface area contributed by atoms with E-state index in [1.807, 2.05) is 0 Å².